The van der Waals surface area contributed by atoms with Crippen LogP contribution < -0.4 is 10.5 Å². The van der Waals surface area contributed by atoms with Crippen molar-refractivity contribution in [2.45, 2.75) is 39.3 Å². The summed E-state index contributed by atoms with van der Waals surface area (Å²) in [4.78, 5) is 35.7. The monoisotopic (exact) mass is 416 g/mol. The first-order chi connectivity index (χ1) is 13.9. The molecule has 3 heterocycles. The van der Waals surface area contributed by atoms with Crippen LogP contribution in [-0.2, 0) is 16.1 Å². The molecule has 1 aliphatic rings. The lowest BCUT2D eigenvalue weighted by Crippen LogP contribution is -2.41. The number of benzene rings is 1. The Morgan fingerprint density at radius 1 is 1.41 bits per heavy atom. The maximum atomic E-state index is 14.1. The quantitative estimate of drug-likeness (QED) is 0.639. The van der Waals surface area contributed by atoms with Crippen molar-refractivity contribution in [2.75, 3.05) is 18.1 Å². The van der Waals surface area contributed by atoms with E-state index in [0.29, 0.717) is 34.2 Å². The van der Waals surface area contributed by atoms with Gasteiger partial charge in [-0.15, -0.1) is 0 Å². The molecule has 0 spiro atoms. The van der Waals surface area contributed by atoms with Gasteiger partial charge in [-0.3, -0.25) is 19.1 Å². The van der Waals surface area contributed by atoms with Gasteiger partial charge in [-0.25, -0.2) is 14.4 Å². The molecule has 9 heteroatoms. The Kier molecular flexibility index (Phi) is 5.42. The second-order valence-corrected chi connectivity index (χ2v) is 8.12. The fourth-order valence-corrected chi connectivity index (χ4v) is 4.32. The molecule has 0 saturated carbocycles. The minimum atomic E-state index is -0.427. The Morgan fingerprint density at radius 2 is 2.24 bits per heavy atom. The van der Waals surface area contributed by atoms with Crippen molar-refractivity contribution in [1.82, 2.24) is 14.5 Å². The zero-order chi connectivity index (χ0) is 20.5. The fourth-order valence-electron chi connectivity index (χ4n) is 3.32. The lowest BCUT2D eigenvalue weighted by atomic mass is 10.2. The molecule has 0 aliphatic carbocycles. The summed E-state index contributed by atoms with van der Waals surface area (Å²) in [6.07, 6.45) is 3.05. The maximum Gasteiger partial charge on any atom is 0.256 e. The fraction of sp³-hybridized carbons (Fsp3) is 0.400. The first kappa shape index (κ1) is 19.7. The Labute approximate surface area is 170 Å². The lowest BCUT2D eigenvalue weighted by molar-refractivity contribution is -0.119. The van der Waals surface area contributed by atoms with Gasteiger partial charge in [-0.05, 0) is 38.8 Å². The molecule has 0 N–H and O–H groups in total. The van der Waals surface area contributed by atoms with Crippen LogP contribution in [0.15, 0.2) is 29.3 Å². The van der Waals surface area contributed by atoms with Gasteiger partial charge in [0.05, 0.1) is 23.7 Å². The van der Waals surface area contributed by atoms with Crippen molar-refractivity contribution >= 4 is 32.6 Å². The third-order valence-corrected chi connectivity index (χ3v) is 6.16. The van der Waals surface area contributed by atoms with Crippen LogP contribution in [0.4, 0.5) is 9.52 Å². The molecule has 152 valence electrons. The number of fused-ring (bicyclic) bond motifs is 1. The largest absolute Gasteiger partial charge is 0.376 e. The summed E-state index contributed by atoms with van der Waals surface area (Å²) >= 11 is 1.25. The molecular formula is C20H21FN4O3S. The Hall–Kier alpha value is -2.65. The van der Waals surface area contributed by atoms with E-state index in [1.807, 2.05) is 0 Å². The van der Waals surface area contributed by atoms with Gasteiger partial charge in [0, 0.05) is 17.9 Å². The van der Waals surface area contributed by atoms with Gasteiger partial charge >= 0.3 is 0 Å². The normalized spacial score (nSPS) is 16.4. The predicted octanol–water partition coefficient (Wildman–Crippen LogP) is 2.82. The van der Waals surface area contributed by atoms with Crippen LogP contribution in [0.1, 0.15) is 24.1 Å². The van der Waals surface area contributed by atoms with E-state index in [1.165, 1.54) is 33.2 Å². The van der Waals surface area contributed by atoms with Gasteiger partial charge in [0.2, 0.25) is 5.91 Å². The molecule has 1 unspecified atom stereocenters. The first-order valence-corrected chi connectivity index (χ1v) is 10.3. The van der Waals surface area contributed by atoms with Crippen molar-refractivity contribution in [3.63, 3.8) is 0 Å². The molecule has 29 heavy (non-hydrogen) atoms. The molecule has 0 radical (unpaired) electrons. The van der Waals surface area contributed by atoms with Gasteiger partial charge in [-0.1, -0.05) is 17.4 Å². The number of halogens is 1. The van der Waals surface area contributed by atoms with E-state index in [9.17, 15) is 14.0 Å². The predicted molar refractivity (Wildman–Crippen MR) is 109 cm³/mol. The number of thiazole rings is 1. The van der Waals surface area contributed by atoms with Crippen molar-refractivity contribution in [3.05, 3.63) is 52.0 Å². The zero-order valence-corrected chi connectivity index (χ0v) is 17.0. The number of nitrogens with zero attached hydrogens (tertiary/aromatic N) is 4. The number of hydrogen-bond donors (Lipinski definition) is 0. The molecule has 1 aliphatic heterocycles. The van der Waals surface area contributed by atoms with Crippen LogP contribution in [0.5, 0.6) is 0 Å². The number of aromatic nitrogens is 3. The van der Waals surface area contributed by atoms with Crippen LogP contribution in [0.25, 0.3) is 10.2 Å². The third kappa shape index (κ3) is 3.92. The number of para-hydroxylation sites is 1. The van der Waals surface area contributed by atoms with Crippen molar-refractivity contribution in [3.8, 4) is 0 Å². The first-order valence-electron chi connectivity index (χ1n) is 9.43. The molecule has 7 nitrogen and oxygen atoms in total. The SMILES string of the molecule is Cc1ncn(CC(=O)N(CC2CCCO2)c2nc3c(F)cccc3s2)c(=O)c1C. The van der Waals surface area contributed by atoms with Gasteiger partial charge in [-0.2, -0.15) is 0 Å². The number of rotatable bonds is 5. The maximum absolute atomic E-state index is 14.1. The van der Waals surface area contributed by atoms with Crippen molar-refractivity contribution < 1.29 is 13.9 Å². The summed E-state index contributed by atoms with van der Waals surface area (Å²) in [5, 5.41) is 0.399. The van der Waals surface area contributed by atoms with E-state index in [4.69, 9.17) is 4.74 Å². The van der Waals surface area contributed by atoms with Crippen molar-refractivity contribution in [1.29, 1.82) is 0 Å². The standard InChI is InChI=1S/C20H21FN4O3S/c1-12-13(2)22-11-24(19(12)27)10-17(26)25(9-14-5-4-8-28-14)20-23-18-15(21)6-3-7-16(18)29-20/h3,6-7,11,14H,4-5,8-10H2,1-2H3. The van der Waals surface area contributed by atoms with Crippen LogP contribution >= 0.6 is 11.3 Å². The molecule has 1 fully saturated rings. The summed E-state index contributed by atoms with van der Waals surface area (Å²) in [5.41, 5.74) is 1.13. The number of hydrogen-bond acceptors (Lipinski definition) is 6. The molecule has 3 aromatic rings. The van der Waals surface area contributed by atoms with Crippen LogP contribution in [0.3, 0.4) is 0 Å². The van der Waals surface area contributed by atoms with Gasteiger partial charge in [0.25, 0.3) is 5.56 Å². The summed E-state index contributed by atoms with van der Waals surface area (Å²) in [6.45, 7) is 4.24. The zero-order valence-electron chi connectivity index (χ0n) is 16.2. The second kappa shape index (κ2) is 8.00. The molecule has 1 atom stereocenters. The average molecular weight is 416 g/mol. The summed E-state index contributed by atoms with van der Waals surface area (Å²) in [6, 6.07) is 4.73. The highest BCUT2D eigenvalue weighted by molar-refractivity contribution is 7.22. The van der Waals surface area contributed by atoms with Gasteiger partial charge < -0.3 is 4.74 Å². The Bertz CT molecular complexity index is 1120. The summed E-state index contributed by atoms with van der Waals surface area (Å²) < 4.78 is 21.8. The molecular weight excluding hydrogens is 395 g/mol. The second-order valence-electron chi connectivity index (χ2n) is 7.11. The molecule has 4 rings (SSSR count). The minimum Gasteiger partial charge on any atom is -0.376 e. The molecule has 2 aromatic heterocycles. The van der Waals surface area contributed by atoms with Gasteiger partial charge in [0.1, 0.15) is 17.9 Å². The topological polar surface area (TPSA) is 77.3 Å². The van der Waals surface area contributed by atoms with E-state index in [0.717, 1.165) is 12.8 Å². The molecule has 1 saturated heterocycles. The summed E-state index contributed by atoms with van der Waals surface area (Å²) in [5.74, 6) is -0.740. The van der Waals surface area contributed by atoms with Crippen LogP contribution in [0, 0.1) is 19.7 Å². The van der Waals surface area contributed by atoms with E-state index in [1.54, 1.807) is 26.0 Å². The van der Waals surface area contributed by atoms with Crippen LogP contribution in [0.2, 0.25) is 0 Å². The van der Waals surface area contributed by atoms with Crippen LogP contribution in [-0.4, -0.2) is 39.7 Å². The average Bonchev–Trinajstić information content (AvgIpc) is 3.36. The van der Waals surface area contributed by atoms with E-state index in [2.05, 4.69) is 9.97 Å². The highest BCUT2D eigenvalue weighted by atomic mass is 32.1. The minimum absolute atomic E-state index is 0.106. The number of carbonyl (C=O) groups is 1. The number of amides is 1. The van der Waals surface area contributed by atoms with Gasteiger partial charge in [0.15, 0.2) is 5.13 Å². The molecule has 1 amide bonds. The smallest absolute Gasteiger partial charge is 0.256 e. The van der Waals surface area contributed by atoms with E-state index in [-0.39, 0.29) is 29.6 Å². The third-order valence-electron chi connectivity index (χ3n) is 5.12. The number of carbonyl (C=O) groups excluding carboxylic acids is 1. The highest BCUT2D eigenvalue weighted by Gasteiger charge is 2.27. The Balaban J connectivity index is 1.67. The van der Waals surface area contributed by atoms with E-state index >= 15 is 0 Å². The van der Waals surface area contributed by atoms with E-state index < -0.39 is 5.82 Å². The summed E-state index contributed by atoms with van der Waals surface area (Å²) in [7, 11) is 0. The van der Waals surface area contributed by atoms with Crippen molar-refractivity contribution in [2.24, 2.45) is 0 Å². The Morgan fingerprint density at radius 3 is 2.97 bits per heavy atom. The number of aryl methyl sites for hydroxylation is 1. The highest BCUT2D eigenvalue weighted by Crippen LogP contribution is 2.31. The lowest BCUT2D eigenvalue weighted by Gasteiger charge is -2.23. The molecule has 0 bridgehead atoms. The molecule has 1 aromatic carbocycles. The number of ether oxygens (including phenoxy) is 1. The number of anilines is 1.